The highest BCUT2D eigenvalue weighted by Crippen LogP contribution is 2.24. The zero-order valence-corrected chi connectivity index (χ0v) is 12.3. The van der Waals surface area contributed by atoms with Crippen molar-refractivity contribution in [3.05, 3.63) is 68.3 Å². The Kier molecular flexibility index (Phi) is 3.65. The van der Waals surface area contributed by atoms with Crippen LogP contribution in [0.3, 0.4) is 0 Å². The molecule has 2 heterocycles. The van der Waals surface area contributed by atoms with E-state index in [2.05, 4.69) is 9.97 Å². The largest absolute Gasteiger partial charge is 0.491 e. The van der Waals surface area contributed by atoms with Crippen LogP contribution in [0.15, 0.2) is 52.3 Å². The van der Waals surface area contributed by atoms with E-state index < -0.39 is 5.56 Å². The number of nitrogens with one attached hydrogen (secondary N) is 1. The molecule has 0 unspecified atom stereocenters. The van der Waals surface area contributed by atoms with Gasteiger partial charge in [-0.15, -0.1) is 0 Å². The Labute approximate surface area is 130 Å². The zero-order chi connectivity index (χ0) is 15.7. The fourth-order valence-electron chi connectivity index (χ4n) is 2.32. The smallest absolute Gasteiger partial charge is 0.291 e. The fourth-order valence-corrected chi connectivity index (χ4v) is 2.49. The molecule has 0 atom stereocenters. The van der Waals surface area contributed by atoms with Crippen LogP contribution >= 0.6 is 11.6 Å². The molecule has 0 bridgehead atoms. The second kappa shape index (κ2) is 5.61. The van der Waals surface area contributed by atoms with Crippen molar-refractivity contribution in [2.45, 2.75) is 0 Å². The van der Waals surface area contributed by atoms with Gasteiger partial charge in [-0.3, -0.25) is 14.6 Å². The van der Waals surface area contributed by atoms with E-state index >= 15 is 0 Å². The molecule has 1 aromatic carbocycles. The Morgan fingerprint density at radius 2 is 2.05 bits per heavy atom. The van der Waals surface area contributed by atoms with E-state index in [1.54, 1.807) is 30.5 Å². The molecule has 0 aliphatic carbocycles. The van der Waals surface area contributed by atoms with Crippen LogP contribution in [0.2, 0.25) is 5.02 Å². The van der Waals surface area contributed by atoms with E-state index in [4.69, 9.17) is 16.3 Å². The maximum Gasteiger partial charge on any atom is 0.291 e. The number of fused-ring (bicyclic) bond motifs is 1. The Balaban J connectivity index is 2.56. The molecule has 0 fully saturated rings. The molecule has 0 radical (unpaired) electrons. The number of benzene rings is 1. The molecule has 0 aliphatic heterocycles. The summed E-state index contributed by atoms with van der Waals surface area (Å²) in [6.07, 6.45) is 3.10. The highest BCUT2D eigenvalue weighted by Gasteiger charge is 2.16. The van der Waals surface area contributed by atoms with E-state index in [-0.39, 0.29) is 16.7 Å². The van der Waals surface area contributed by atoms with Crippen molar-refractivity contribution in [2.75, 3.05) is 7.11 Å². The topological polar surface area (TPSA) is 72.0 Å². The highest BCUT2D eigenvalue weighted by atomic mass is 35.5. The van der Waals surface area contributed by atoms with Gasteiger partial charge in [0.15, 0.2) is 11.2 Å². The minimum atomic E-state index is -0.504. The Morgan fingerprint density at radius 3 is 2.73 bits per heavy atom. The summed E-state index contributed by atoms with van der Waals surface area (Å²) in [4.78, 5) is 31.8. The van der Waals surface area contributed by atoms with Gasteiger partial charge in [-0.05, 0) is 24.3 Å². The molecule has 5 nitrogen and oxygen atoms in total. The van der Waals surface area contributed by atoms with Crippen LogP contribution < -0.4 is 15.7 Å². The lowest BCUT2D eigenvalue weighted by Crippen LogP contribution is -2.10. The number of rotatable bonds is 2. The summed E-state index contributed by atoms with van der Waals surface area (Å²) < 4.78 is 5.17. The van der Waals surface area contributed by atoms with Crippen LogP contribution in [0.4, 0.5) is 0 Å². The van der Waals surface area contributed by atoms with E-state index in [9.17, 15) is 9.59 Å². The number of aromatic nitrogens is 2. The van der Waals surface area contributed by atoms with Gasteiger partial charge < -0.3 is 9.72 Å². The van der Waals surface area contributed by atoms with Gasteiger partial charge >= 0.3 is 0 Å². The number of hydrogen-bond acceptors (Lipinski definition) is 4. The average Bonchev–Trinajstić information content (AvgIpc) is 2.62. The third-order valence-corrected chi connectivity index (χ3v) is 3.52. The number of aromatic amines is 1. The first-order valence-corrected chi connectivity index (χ1v) is 6.84. The molecule has 3 rings (SSSR count). The van der Waals surface area contributed by atoms with Crippen LogP contribution in [0, 0.1) is 0 Å². The molecule has 6 heteroatoms. The number of methoxy groups -OCH3 is 1. The summed E-state index contributed by atoms with van der Waals surface area (Å²) in [5.74, 6) is -0.0506. The molecule has 0 spiro atoms. The molecule has 2 aromatic heterocycles. The Bertz CT molecular complexity index is 968. The standard InChI is InChI=1S/C16H11ClN2O3/c1-22-15-13(9-3-2-6-18-8-9)14(20)11-5-4-10(17)7-12(11)19-16(15)21/h2-8H,1H3,(H,19,21). The Morgan fingerprint density at radius 1 is 1.23 bits per heavy atom. The lowest BCUT2D eigenvalue weighted by Gasteiger charge is -2.02. The molecule has 3 aromatic rings. The molecule has 110 valence electrons. The second-order valence-corrected chi connectivity index (χ2v) is 5.06. The van der Waals surface area contributed by atoms with Crippen molar-refractivity contribution in [1.82, 2.24) is 9.97 Å². The van der Waals surface area contributed by atoms with Gasteiger partial charge in [0, 0.05) is 28.4 Å². The minimum absolute atomic E-state index is 0.0506. The van der Waals surface area contributed by atoms with E-state index in [1.165, 1.54) is 19.4 Å². The van der Waals surface area contributed by atoms with E-state index in [0.717, 1.165) is 0 Å². The minimum Gasteiger partial charge on any atom is -0.491 e. The van der Waals surface area contributed by atoms with Crippen molar-refractivity contribution >= 4 is 22.5 Å². The molecular formula is C16H11ClN2O3. The number of H-pyrrole nitrogens is 1. The third-order valence-electron chi connectivity index (χ3n) is 3.29. The van der Waals surface area contributed by atoms with Crippen LogP contribution in [0.1, 0.15) is 0 Å². The maximum absolute atomic E-state index is 12.9. The summed E-state index contributed by atoms with van der Waals surface area (Å²) in [5, 5.41) is 0.777. The van der Waals surface area contributed by atoms with Crippen molar-refractivity contribution in [2.24, 2.45) is 0 Å². The molecule has 0 aliphatic rings. The van der Waals surface area contributed by atoms with E-state index in [1.807, 2.05) is 0 Å². The quantitative estimate of drug-likeness (QED) is 0.789. The lowest BCUT2D eigenvalue weighted by atomic mass is 10.1. The highest BCUT2D eigenvalue weighted by molar-refractivity contribution is 6.31. The first-order valence-electron chi connectivity index (χ1n) is 6.46. The summed E-state index contributed by atoms with van der Waals surface area (Å²) in [6, 6.07) is 8.10. The predicted molar refractivity (Wildman–Crippen MR) is 85.6 cm³/mol. The maximum atomic E-state index is 12.9. The molecule has 1 N–H and O–H groups in total. The summed E-state index contributed by atoms with van der Waals surface area (Å²) in [7, 11) is 1.35. The van der Waals surface area contributed by atoms with Crippen molar-refractivity contribution in [1.29, 1.82) is 0 Å². The third kappa shape index (κ3) is 2.35. The second-order valence-electron chi connectivity index (χ2n) is 4.62. The summed E-state index contributed by atoms with van der Waals surface area (Å²) >= 11 is 5.93. The summed E-state index contributed by atoms with van der Waals surface area (Å²) in [5.41, 5.74) is 0.220. The number of pyridine rings is 1. The van der Waals surface area contributed by atoms with Gasteiger partial charge in [0.2, 0.25) is 0 Å². The van der Waals surface area contributed by atoms with Crippen LogP contribution in [-0.2, 0) is 0 Å². The molecular weight excluding hydrogens is 304 g/mol. The first-order chi connectivity index (χ1) is 10.6. The SMILES string of the molecule is COc1c(-c2cccnc2)c(=O)c2ccc(Cl)cc2[nH]c1=O. The van der Waals surface area contributed by atoms with Crippen LogP contribution in [0.5, 0.6) is 5.75 Å². The van der Waals surface area contributed by atoms with Crippen LogP contribution in [0.25, 0.3) is 22.0 Å². The van der Waals surface area contributed by atoms with Crippen molar-refractivity contribution in [3.8, 4) is 16.9 Å². The van der Waals surface area contributed by atoms with Gasteiger partial charge in [0.25, 0.3) is 5.56 Å². The lowest BCUT2D eigenvalue weighted by molar-refractivity contribution is 0.411. The molecule has 0 saturated heterocycles. The van der Waals surface area contributed by atoms with Gasteiger partial charge in [0.05, 0.1) is 18.2 Å². The van der Waals surface area contributed by atoms with Crippen molar-refractivity contribution < 1.29 is 4.74 Å². The number of nitrogens with zero attached hydrogens (tertiary/aromatic N) is 1. The van der Waals surface area contributed by atoms with Crippen molar-refractivity contribution in [3.63, 3.8) is 0 Å². The Hall–Kier alpha value is -2.66. The fraction of sp³-hybridized carbons (Fsp3) is 0.0625. The number of hydrogen-bond donors (Lipinski definition) is 1. The van der Waals surface area contributed by atoms with Gasteiger partial charge in [-0.2, -0.15) is 0 Å². The zero-order valence-electron chi connectivity index (χ0n) is 11.6. The van der Waals surface area contributed by atoms with Gasteiger partial charge in [-0.25, -0.2) is 0 Å². The number of halogens is 1. The first kappa shape index (κ1) is 14.3. The normalized spacial score (nSPS) is 10.6. The number of ether oxygens (including phenoxy) is 1. The molecule has 0 amide bonds. The summed E-state index contributed by atoms with van der Waals surface area (Å²) in [6.45, 7) is 0. The van der Waals surface area contributed by atoms with Gasteiger partial charge in [0.1, 0.15) is 0 Å². The van der Waals surface area contributed by atoms with Gasteiger partial charge in [-0.1, -0.05) is 17.7 Å². The van der Waals surface area contributed by atoms with Crippen LogP contribution in [-0.4, -0.2) is 17.1 Å². The monoisotopic (exact) mass is 314 g/mol. The average molecular weight is 315 g/mol. The van der Waals surface area contributed by atoms with E-state index in [0.29, 0.717) is 21.5 Å². The molecule has 0 saturated carbocycles. The predicted octanol–water partition coefficient (Wildman–Crippen LogP) is 2.61. The molecule has 22 heavy (non-hydrogen) atoms.